The van der Waals surface area contributed by atoms with Crippen LogP contribution in [0.4, 0.5) is 0 Å². The van der Waals surface area contributed by atoms with Crippen molar-refractivity contribution in [1.82, 2.24) is 10.2 Å². The highest BCUT2D eigenvalue weighted by molar-refractivity contribution is 7.09. The highest BCUT2D eigenvalue weighted by Crippen LogP contribution is 2.10. The molecular weight excluding hydrogens is 240 g/mol. The fourth-order valence-corrected chi connectivity index (χ4v) is 2.63. The van der Waals surface area contributed by atoms with E-state index in [2.05, 4.69) is 65.1 Å². The zero-order chi connectivity index (χ0) is 12.6. The first kappa shape index (κ1) is 13.3. The molecule has 0 saturated carbocycles. The highest BCUT2D eigenvalue weighted by atomic mass is 32.1. The molecule has 0 aliphatic heterocycles. The third kappa shape index (κ3) is 4.61. The van der Waals surface area contributed by atoms with Crippen LogP contribution in [-0.4, -0.2) is 25.0 Å². The Kier molecular flexibility index (Phi) is 5.39. The average molecular weight is 260 g/mol. The van der Waals surface area contributed by atoms with Gasteiger partial charge >= 0.3 is 0 Å². The molecule has 96 valence electrons. The summed E-state index contributed by atoms with van der Waals surface area (Å²) >= 11 is 1.83. The molecule has 2 rings (SSSR count). The smallest absolute Gasteiger partial charge is 0.0325 e. The van der Waals surface area contributed by atoms with Crippen LogP contribution in [0.1, 0.15) is 10.4 Å². The predicted molar refractivity (Wildman–Crippen MR) is 78.8 cm³/mol. The van der Waals surface area contributed by atoms with Gasteiger partial charge < -0.3 is 10.2 Å². The van der Waals surface area contributed by atoms with Crippen LogP contribution in [0.5, 0.6) is 0 Å². The fourth-order valence-electron chi connectivity index (χ4n) is 1.85. The normalized spacial score (nSPS) is 11.0. The molecule has 0 atom stereocenters. The van der Waals surface area contributed by atoms with Crippen LogP contribution in [-0.2, 0) is 13.1 Å². The van der Waals surface area contributed by atoms with Gasteiger partial charge in [0.25, 0.3) is 0 Å². The van der Waals surface area contributed by atoms with Crippen LogP contribution in [0, 0.1) is 0 Å². The zero-order valence-electron chi connectivity index (χ0n) is 10.8. The summed E-state index contributed by atoms with van der Waals surface area (Å²) in [7, 11) is 2.17. The molecule has 0 amide bonds. The average Bonchev–Trinajstić information content (AvgIpc) is 2.89. The van der Waals surface area contributed by atoms with Gasteiger partial charge in [-0.3, -0.25) is 0 Å². The summed E-state index contributed by atoms with van der Waals surface area (Å²) in [4.78, 5) is 3.78. The number of thiophene rings is 1. The van der Waals surface area contributed by atoms with Gasteiger partial charge in [-0.1, -0.05) is 36.4 Å². The molecule has 0 fully saturated rings. The molecule has 1 aromatic carbocycles. The van der Waals surface area contributed by atoms with Crippen molar-refractivity contribution in [2.75, 3.05) is 20.1 Å². The van der Waals surface area contributed by atoms with E-state index in [1.165, 1.54) is 10.4 Å². The lowest BCUT2D eigenvalue weighted by molar-refractivity contribution is 0.327. The molecular formula is C15H20N2S. The number of hydrogen-bond donors (Lipinski definition) is 1. The van der Waals surface area contributed by atoms with Gasteiger partial charge in [0.2, 0.25) is 0 Å². The van der Waals surface area contributed by atoms with Gasteiger partial charge in [0, 0.05) is 31.1 Å². The van der Waals surface area contributed by atoms with Crippen molar-refractivity contribution < 1.29 is 0 Å². The minimum atomic E-state index is 0.952. The van der Waals surface area contributed by atoms with E-state index in [1.54, 1.807) is 0 Å². The lowest BCUT2D eigenvalue weighted by Crippen LogP contribution is -2.28. The SMILES string of the molecule is CN(CCNCc1ccccc1)Cc1cccs1. The summed E-state index contributed by atoms with van der Waals surface area (Å²) in [6.45, 7) is 4.10. The zero-order valence-corrected chi connectivity index (χ0v) is 11.6. The summed E-state index contributed by atoms with van der Waals surface area (Å²) in [5.41, 5.74) is 1.35. The number of rotatable bonds is 7. The highest BCUT2D eigenvalue weighted by Gasteiger charge is 2.00. The standard InChI is InChI=1S/C15H20N2S/c1-17(13-15-8-5-11-18-15)10-9-16-12-14-6-3-2-4-7-14/h2-8,11,16H,9-10,12-13H2,1H3. The van der Waals surface area contributed by atoms with Crippen LogP contribution in [0.15, 0.2) is 47.8 Å². The van der Waals surface area contributed by atoms with E-state index in [0.717, 1.165) is 26.2 Å². The molecule has 0 unspecified atom stereocenters. The van der Waals surface area contributed by atoms with E-state index in [4.69, 9.17) is 0 Å². The van der Waals surface area contributed by atoms with Crippen LogP contribution in [0.2, 0.25) is 0 Å². The molecule has 1 aromatic heterocycles. The Morgan fingerprint density at radius 2 is 1.94 bits per heavy atom. The maximum Gasteiger partial charge on any atom is 0.0325 e. The summed E-state index contributed by atoms with van der Waals surface area (Å²) in [5, 5.41) is 5.61. The van der Waals surface area contributed by atoms with Gasteiger partial charge in [0.15, 0.2) is 0 Å². The van der Waals surface area contributed by atoms with Crippen molar-refractivity contribution in [3.63, 3.8) is 0 Å². The molecule has 0 aliphatic carbocycles. The first-order valence-electron chi connectivity index (χ1n) is 6.30. The van der Waals surface area contributed by atoms with E-state index >= 15 is 0 Å². The number of likely N-dealkylation sites (N-methyl/N-ethyl adjacent to an activating group) is 1. The quantitative estimate of drug-likeness (QED) is 0.770. The van der Waals surface area contributed by atoms with Crippen molar-refractivity contribution >= 4 is 11.3 Å². The van der Waals surface area contributed by atoms with E-state index in [9.17, 15) is 0 Å². The van der Waals surface area contributed by atoms with Gasteiger partial charge in [-0.25, -0.2) is 0 Å². The number of nitrogens with zero attached hydrogens (tertiary/aromatic N) is 1. The van der Waals surface area contributed by atoms with E-state index < -0.39 is 0 Å². The first-order valence-corrected chi connectivity index (χ1v) is 7.18. The maximum atomic E-state index is 3.47. The van der Waals surface area contributed by atoms with Crippen molar-refractivity contribution in [3.8, 4) is 0 Å². The molecule has 0 bridgehead atoms. The van der Waals surface area contributed by atoms with Gasteiger partial charge in [-0.2, -0.15) is 0 Å². The topological polar surface area (TPSA) is 15.3 Å². The third-order valence-corrected chi connectivity index (χ3v) is 3.71. The lowest BCUT2D eigenvalue weighted by atomic mass is 10.2. The molecule has 0 saturated heterocycles. The molecule has 2 aromatic rings. The lowest BCUT2D eigenvalue weighted by Gasteiger charge is -2.15. The molecule has 18 heavy (non-hydrogen) atoms. The summed E-state index contributed by atoms with van der Waals surface area (Å²) < 4.78 is 0. The molecule has 0 spiro atoms. The Hall–Kier alpha value is -1.16. The molecule has 1 N–H and O–H groups in total. The van der Waals surface area contributed by atoms with Gasteiger partial charge in [-0.05, 0) is 24.1 Å². The molecule has 1 heterocycles. The molecule has 2 nitrogen and oxygen atoms in total. The van der Waals surface area contributed by atoms with Gasteiger partial charge in [0.1, 0.15) is 0 Å². The van der Waals surface area contributed by atoms with Crippen molar-refractivity contribution in [2.45, 2.75) is 13.1 Å². The Morgan fingerprint density at radius 1 is 1.11 bits per heavy atom. The second-order valence-corrected chi connectivity index (χ2v) is 5.51. The van der Waals surface area contributed by atoms with Crippen LogP contribution in [0.25, 0.3) is 0 Å². The van der Waals surface area contributed by atoms with Crippen molar-refractivity contribution in [2.24, 2.45) is 0 Å². The summed E-state index contributed by atoms with van der Waals surface area (Å²) in [6.07, 6.45) is 0. The molecule has 3 heteroatoms. The van der Waals surface area contributed by atoms with E-state index in [0.29, 0.717) is 0 Å². The monoisotopic (exact) mass is 260 g/mol. The number of hydrogen-bond acceptors (Lipinski definition) is 3. The Labute approximate surface area is 113 Å². The number of nitrogens with one attached hydrogen (secondary N) is 1. The summed E-state index contributed by atoms with van der Waals surface area (Å²) in [5.74, 6) is 0. The predicted octanol–water partition coefficient (Wildman–Crippen LogP) is 2.97. The van der Waals surface area contributed by atoms with Crippen LogP contribution < -0.4 is 5.32 Å². The van der Waals surface area contributed by atoms with E-state index in [-0.39, 0.29) is 0 Å². The second kappa shape index (κ2) is 7.31. The molecule has 0 aliphatic rings. The van der Waals surface area contributed by atoms with Crippen molar-refractivity contribution in [3.05, 3.63) is 58.3 Å². The Bertz CT molecular complexity index is 425. The van der Waals surface area contributed by atoms with Gasteiger partial charge in [0.05, 0.1) is 0 Å². The van der Waals surface area contributed by atoms with Crippen LogP contribution >= 0.6 is 11.3 Å². The van der Waals surface area contributed by atoms with Crippen molar-refractivity contribution in [1.29, 1.82) is 0 Å². The summed E-state index contributed by atoms with van der Waals surface area (Å²) in [6, 6.07) is 14.8. The van der Waals surface area contributed by atoms with Gasteiger partial charge in [-0.15, -0.1) is 11.3 Å². The Balaban J connectivity index is 1.60. The molecule has 0 radical (unpaired) electrons. The Morgan fingerprint density at radius 3 is 2.67 bits per heavy atom. The fraction of sp³-hybridized carbons (Fsp3) is 0.333. The maximum absolute atomic E-state index is 3.47. The second-order valence-electron chi connectivity index (χ2n) is 4.48. The minimum Gasteiger partial charge on any atom is -0.311 e. The largest absolute Gasteiger partial charge is 0.311 e. The minimum absolute atomic E-state index is 0.952. The van der Waals surface area contributed by atoms with Crippen LogP contribution in [0.3, 0.4) is 0 Å². The number of benzene rings is 1. The first-order chi connectivity index (χ1) is 8.84. The van der Waals surface area contributed by atoms with E-state index in [1.807, 2.05) is 11.3 Å². The third-order valence-electron chi connectivity index (χ3n) is 2.85.